The lowest BCUT2D eigenvalue weighted by Crippen LogP contribution is -2.18. The molecule has 21 heavy (non-hydrogen) atoms. The van der Waals surface area contributed by atoms with E-state index in [1.165, 1.54) is 18.4 Å². The molecule has 1 amide bonds. The molecule has 2 aromatic rings. The van der Waals surface area contributed by atoms with Crippen LogP contribution in [0.2, 0.25) is 0 Å². The van der Waals surface area contributed by atoms with Crippen LogP contribution in [0.15, 0.2) is 17.6 Å². The average molecular weight is 307 g/mol. The molecule has 0 aliphatic heterocycles. The number of aromatic nitrogens is 2. The lowest BCUT2D eigenvalue weighted by Gasteiger charge is -2.19. The third-order valence-electron chi connectivity index (χ3n) is 2.77. The lowest BCUT2D eigenvalue weighted by molar-refractivity contribution is 0.102. The SMILES string of the molecule is COc1nccc(N(C)C)c1NC(=O)c1csc(CN)n1. The number of nitrogens with zero attached hydrogens (tertiary/aromatic N) is 3. The maximum Gasteiger partial charge on any atom is 0.275 e. The second-order valence-electron chi connectivity index (χ2n) is 4.39. The summed E-state index contributed by atoms with van der Waals surface area (Å²) in [6, 6.07) is 1.80. The first kappa shape index (κ1) is 15.2. The van der Waals surface area contributed by atoms with Crippen LogP contribution in [0.25, 0.3) is 0 Å². The number of thiazole rings is 1. The normalized spacial score (nSPS) is 10.3. The fourth-order valence-electron chi connectivity index (χ4n) is 1.76. The molecule has 0 spiro atoms. The summed E-state index contributed by atoms with van der Waals surface area (Å²) in [5.74, 6) is 0.0316. The van der Waals surface area contributed by atoms with E-state index in [-0.39, 0.29) is 5.91 Å². The molecule has 0 aliphatic rings. The highest BCUT2D eigenvalue weighted by Crippen LogP contribution is 2.32. The van der Waals surface area contributed by atoms with Gasteiger partial charge in [-0.3, -0.25) is 4.79 Å². The Kier molecular flexibility index (Phi) is 4.71. The van der Waals surface area contributed by atoms with Gasteiger partial charge in [0.2, 0.25) is 5.88 Å². The van der Waals surface area contributed by atoms with E-state index in [1.54, 1.807) is 17.6 Å². The van der Waals surface area contributed by atoms with Crippen LogP contribution in [0, 0.1) is 0 Å². The first-order valence-corrected chi connectivity index (χ1v) is 7.11. The number of hydrogen-bond acceptors (Lipinski definition) is 7. The van der Waals surface area contributed by atoms with Crippen LogP contribution in [-0.4, -0.2) is 37.1 Å². The number of nitrogens with one attached hydrogen (secondary N) is 1. The number of rotatable bonds is 5. The Hall–Kier alpha value is -2.19. The smallest absolute Gasteiger partial charge is 0.275 e. The fraction of sp³-hybridized carbons (Fsp3) is 0.308. The Morgan fingerprint density at radius 2 is 2.29 bits per heavy atom. The molecule has 0 saturated carbocycles. The summed E-state index contributed by atoms with van der Waals surface area (Å²) in [6.07, 6.45) is 1.62. The van der Waals surface area contributed by atoms with Crippen LogP contribution >= 0.6 is 11.3 Å². The van der Waals surface area contributed by atoms with Crippen molar-refractivity contribution < 1.29 is 9.53 Å². The molecule has 0 unspecified atom stereocenters. The second-order valence-corrected chi connectivity index (χ2v) is 5.34. The van der Waals surface area contributed by atoms with Gasteiger partial charge in [0.15, 0.2) is 0 Å². The molecule has 0 aromatic carbocycles. The van der Waals surface area contributed by atoms with E-state index in [4.69, 9.17) is 10.5 Å². The predicted molar refractivity (Wildman–Crippen MR) is 83.1 cm³/mol. The Morgan fingerprint density at radius 1 is 1.52 bits per heavy atom. The first-order chi connectivity index (χ1) is 10.1. The number of nitrogens with two attached hydrogens (primary N) is 1. The zero-order valence-corrected chi connectivity index (χ0v) is 12.9. The van der Waals surface area contributed by atoms with E-state index in [1.807, 2.05) is 19.0 Å². The molecule has 0 radical (unpaired) electrons. The van der Waals surface area contributed by atoms with Crippen LogP contribution in [-0.2, 0) is 6.54 Å². The number of hydrogen-bond donors (Lipinski definition) is 2. The minimum absolute atomic E-state index is 0.317. The van der Waals surface area contributed by atoms with Gasteiger partial charge in [-0.2, -0.15) is 0 Å². The van der Waals surface area contributed by atoms with Gasteiger partial charge < -0.3 is 20.7 Å². The molecule has 3 N–H and O–H groups in total. The number of amides is 1. The van der Waals surface area contributed by atoms with E-state index in [9.17, 15) is 4.79 Å². The molecule has 2 rings (SSSR count). The summed E-state index contributed by atoms with van der Waals surface area (Å²) in [4.78, 5) is 22.4. The van der Waals surface area contributed by atoms with Crippen molar-refractivity contribution in [3.63, 3.8) is 0 Å². The van der Waals surface area contributed by atoms with Crippen LogP contribution < -0.4 is 20.7 Å². The van der Waals surface area contributed by atoms with Gasteiger partial charge in [0.1, 0.15) is 16.4 Å². The number of pyridine rings is 1. The summed E-state index contributed by atoms with van der Waals surface area (Å²) in [6.45, 7) is 0.317. The molecule has 0 atom stereocenters. The molecule has 0 bridgehead atoms. The Labute approximate surface area is 126 Å². The van der Waals surface area contributed by atoms with Crippen LogP contribution in [0.4, 0.5) is 11.4 Å². The van der Waals surface area contributed by atoms with Gasteiger partial charge in [0.05, 0.1) is 12.8 Å². The average Bonchev–Trinajstić information content (AvgIpc) is 2.96. The monoisotopic (exact) mass is 307 g/mol. The van der Waals surface area contributed by atoms with E-state index >= 15 is 0 Å². The van der Waals surface area contributed by atoms with Crippen LogP contribution in [0.5, 0.6) is 5.88 Å². The van der Waals surface area contributed by atoms with Crippen molar-refractivity contribution in [1.82, 2.24) is 9.97 Å². The quantitative estimate of drug-likeness (QED) is 0.865. The fourth-order valence-corrected chi connectivity index (χ4v) is 2.42. The maximum absolute atomic E-state index is 12.3. The second kappa shape index (κ2) is 6.51. The van der Waals surface area contributed by atoms with Crippen molar-refractivity contribution in [3.8, 4) is 5.88 Å². The highest BCUT2D eigenvalue weighted by atomic mass is 32.1. The Bertz CT molecular complexity index is 641. The molecule has 2 heterocycles. The summed E-state index contributed by atoms with van der Waals surface area (Å²) >= 11 is 1.35. The van der Waals surface area contributed by atoms with Crippen molar-refractivity contribution >= 4 is 28.6 Å². The van der Waals surface area contributed by atoms with Crippen molar-refractivity contribution in [2.24, 2.45) is 5.73 Å². The van der Waals surface area contributed by atoms with Crippen molar-refractivity contribution in [1.29, 1.82) is 0 Å². The highest BCUT2D eigenvalue weighted by molar-refractivity contribution is 7.09. The third kappa shape index (κ3) is 3.29. The molecule has 0 fully saturated rings. The van der Waals surface area contributed by atoms with Crippen molar-refractivity contribution in [2.45, 2.75) is 6.54 Å². The van der Waals surface area contributed by atoms with Gasteiger partial charge in [0, 0.05) is 32.2 Å². The lowest BCUT2D eigenvalue weighted by atomic mass is 10.3. The zero-order valence-electron chi connectivity index (χ0n) is 12.1. The summed E-state index contributed by atoms with van der Waals surface area (Å²) in [5, 5.41) is 5.19. The molecule has 2 aromatic heterocycles. The molecule has 0 aliphatic carbocycles. The van der Waals surface area contributed by atoms with Crippen molar-refractivity contribution in [2.75, 3.05) is 31.4 Å². The highest BCUT2D eigenvalue weighted by Gasteiger charge is 2.17. The molecular formula is C13H17N5O2S. The topological polar surface area (TPSA) is 93.4 Å². The predicted octanol–water partition coefficient (Wildman–Crippen LogP) is 1.32. The largest absolute Gasteiger partial charge is 0.479 e. The molecular weight excluding hydrogens is 290 g/mol. The first-order valence-electron chi connectivity index (χ1n) is 6.23. The van der Waals surface area contributed by atoms with Gasteiger partial charge in [0.25, 0.3) is 5.91 Å². The number of carbonyl (C=O) groups excluding carboxylic acids is 1. The summed E-state index contributed by atoms with van der Waals surface area (Å²) in [5.41, 5.74) is 7.14. The van der Waals surface area contributed by atoms with Gasteiger partial charge in [-0.25, -0.2) is 9.97 Å². The zero-order chi connectivity index (χ0) is 15.4. The Balaban J connectivity index is 2.31. The van der Waals surface area contributed by atoms with Gasteiger partial charge >= 0.3 is 0 Å². The molecule has 0 saturated heterocycles. The van der Waals surface area contributed by atoms with Crippen molar-refractivity contribution in [3.05, 3.63) is 28.3 Å². The standard InChI is InChI=1S/C13H17N5O2S/c1-18(2)9-4-5-15-13(20-3)11(9)17-12(19)8-7-21-10(6-14)16-8/h4-5,7H,6,14H2,1-3H3,(H,17,19). The number of methoxy groups -OCH3 is 1. The Morgan fingerprint density at radius 3 is 2.86 bits per heavy atom. The minimum atomic E-state index is -0.319. The molecule has 112 valence electrons. The van der Waals surface area contributed by atoms with Gasteiger partial charge in [-0.1, -0.05) is 0 Å². The van der Waals surface area contributed by atoms with E-state index in [0.717, 1.165) is 5.69 Å². The number of carbonyl (C=O) groups is 1. The van der Waals surface area contributed by atoms with E-state index in [0.29, 0.717) is 28.8 Å². The van der Waals surface area contributed by atoms with E-state index < -0.39 is 0 Å². The van der Waals surface area contributed by atoms with Crippen LogP contribution in [0.3, 0.4) is 0 Å². The van der Waals surface area contributed by atoms with Crippen LogP contribution in [0.1, 0.15) is 15.5 Å². The maximum atomic E-state index is 12.3. The summed E-state index contributed by atoms with van der Waals surface area (Å²) in [7, 11) is 5.26. The number of ether oxygens (including phenoxy) is 1. The summed E-state index contributed by atoms with van der Waals surface area (Å²) < 4.78 is 5.21. The van der Waals surface area contributed by atoms with E-state index in [2.05, 4.69) is 15.3 Å². The minimum Gasteiger partial charge on any atom is -0.479 e. The third-order valence-corrected chi connectivity index (χ3v) is 3.64. The van der Waals surface area contributed by atoms with Gasteiger partial charge in [-0.05, 0) is 6.07 Å². The van der Waals surface area contributed by atoms with Gasteiger partial charge in [-0.15, -0.1) is 11.3 Å². The molecule has 8 heteroatoms. The molecule has 7 nitrogen and oxygen atoms in total. The number of anilines is 2.